The Balaban J connectivity index is 1.56. The minimum Gasteiger partial charge on any atom is -0.312 e. The summed E-state index contributed by atoms with van der Waals surface area (Å²) in [7, 11) is 0. The van der Waals surface area contributed by atoms with E-state index in [4.69, 9.17) is 0 Å². The van der Waals surface area contributed by atoms with Crippen LogP contribution < -0.4 is 5.32 Å². The third-order valence-corrected chi connectivity index (χ3v) is 5.94. The monoisotopic (exact) mass is 278 g/mol. The first-order chi connectivity index (χ1) is 9.25. The van der Waals surface area contributed by atoms with E-state index in [1.54, 1.807) is 10.4 Å². The lowest BCUT2D eigenvalue weighted by molar-refractivity contribution is 0.140. The van der Waals surface area contributed by atoms with E-state index in [9.17, 15) is 0 Å². The predicted molar refractivity (Wildman–Crippen MR) is 82.9 cm³/mol. The van der Waals surface area contributed by atoms with Crippen LogP contribution in [0.1, 0.15) is 56.0 Å². The summed E-state index contributed by atoms with van der Waals surface area (Å²) in [6, 6.07) is 4.35. The van der Waals surface area contributed by atoms with Crippen LogP contribution in [-0.2, 0) is 6.42 Å². The smallest absolute Gasteiger partial charge is 0.0334 e. The molecule has 0 amide bonds. The molecule has 2 nitrogen and oxygen atoms in total. The molecule has 2 atom stereocenters. The van der Waals surface area contributed by atoms with Crippen LogP contribution in [0.3, 0.4) is 0 Å². The van der Waals surface area contributed by atoms with Crippen LogP contribution in [0, 0.1) is 0 Å². The Hall–Kier alpha value is -0.380. The molecule has 0 spiro atoms. The maximum atomic E-state index is 3.78. The van der Waals surface area contributed by atoms with Gasteiger partial charge in [0, 0.05) is 36.1 Å². The van der Waals surface area contributed by atoms with E-state index in [0.29, 0.717) is 12.1 Å². The van der Waals surface area contributed by atoms with Crippen LogP contribution in [-0.4, -0.2) is 30.1 Å². The van der Waals surface area contributed by atoms with Crippen LogP contribution in [0.5, 0.6) is 0 Å². The normalized spacial score (nSPS) is 26.5. The molecule has 106 valence electrons. The van der Waals surface area contributed by atoms with Crippen LogP contribution in [0.4, 0.5) is 0 Å². The first-order valence-corrected chi connectivity index (χ1v) is 8.69. The van der Waals surface area contributed by atoms with E-state index >= 15 is 0 Å². The summed E-state index contributed by atoms with van der Waals surface area (Å²) in [4.78, 5) is 4.29. The van der Waals surface area contributed by atoms with E-state index in [1.165, 1.54) is 38.6 Å². The van der Waals surface area contributed by atoms with Gasteiger partial charge in [-0.05, 0) is 50.1 Å². The number of nitrogens with one attached hydrogen (secondary N) is 1. The number of hydrogen-bond donors (Lipinski definition) is 1. The first-order valence-electron chi connectivity index (χ1n) is 7.81. The van der Waals surface area contributed by atoms with Gasteiger partial charge < -0.3 is 5.32 Å². The molecule has 1 aromatic heterocycles. The molecule has 1 aromatic rings. The van der Waals surface area contributed by atoms with Gasteiger partial charge in [-0.1, -0.05) is 12.8 Å². The second-order valence-electron chi connectivity index (χ2n) is 6.20. The molecule has 1 fully saturated rings. The van der Waals surface area contributed by atoms with E-state index in [1.807, 2.05) is 11.3 Å². The van der Waals surface area contributed by atoms with Crippen LogP contribution in [0.15, 0.2) is 11.4 Å². The van der Waals surface area contributed by atoms with Crippen molar-refractivity contribution in [1.29, 1.82) is 0 Å². The number of thiophene rings is 1. The zero-order valence-electron chi connectivity index (χ0n) is 12.2. The standard InChI is InChI=1S/C16H26N2S/c1-12(11-17-14-5-3-4-6-14)18-9-7-16-15(13(18)2)8-10-19-16/h8,10,12-14,17H,3-7,9,11H2,1-2H3. The Morgan fingerprint density at radius 1 is 1.42 bits per heavy atom. The summed E-state index contributed by atoms with van der Waals surface area (Å²) < 4.78 is 0. The third-order valence-electron chi connectivity index (χ3n) is 4.95. The molecule has 1 saturated carbocycles. The van der Waals surface area contributed by atoms with Crippen molar-refractivity contribution in [2.24, 2.45) is 0 Å². The van der Waals surface area contributed by atoms with Crippen molar-refractivity contribution in [2.75, 3.05) is 13.1 Å². The molecule has 2 unspecified atom stereocenters. The fraction of sp³-hybridized carbons (Fsp3) is 0.750. The van der Waals surface area contributed by atoms with Gasteiger partial charge in [0.15, 0.2) is 0 Å². The summed E-state index contributed by atoms with van der Waals surface area (Å²) in [5, 5.41) is 6.03. The molecule has 0 radical (unpaired) electrons. The molecule has 3 heteroatoms. The van der Waals surface area contributed by atoms with Crippen molar-refractivity contribution < 1.29 is 0 Å². The largest absolute Gasteiger partial charge is 0.312 e. The summed E-state index contributed by atoms with van der Waals surface area (Å²) in [5.74, 6) is 0. The van der Waals surface area contributed by atoms with E-state index in [2.05, 4.69) is 35.5 Å². The average Bonchev–Trinajstić information content (AvgIpc) is 3.07. The molecule has 3 rings (SSSR count). The van der Waals surface area contributed by atoms with Gasteiger partial charge in [0.25, 0.3) is 0 Å². The second kappa shape index (κ2) is 5.94. The van der Waals surface area contributed by atoms with Crippen LogP contribution >= 0.6 is 11.3 Å². The van der Waals surface area contributed by atoms with Crippen molar-refractivity contribution in [2.45, 2.75) is 64.1 Å². The molecule has 19 heavy (non-hydrogen) atoms. The van der Waals surface area contributed by atoms with Crippen molar-refractivity contribution in [3.05, 3.63) is 21.9 Å². The van der Waals surface area contributed by atoms with Gasteiger partial charge in [-0.25, -0.2) is 0 Å². The Morgan fingerprint density at radius 2 is 2.21 bits per heavy atom. The number of fused-ring (bicyclic) bond motifs is 1. The van der Waals surface area contributed by atoms with Crippen LogP contribution in [0.25, 0.3) is 0 Å². The SMILES string of the molecule is CC(CNC1CCCC1)N1CCc2sccc2C1C. The molecule has 0 saturated heterocycles. The Labute approximate surface area is 121 Å². The molecule has 1 aliphatic heterocycles. The number of rotatable bonds is 4. The number of nitrogens with zero attached hydrogens (tertiary/aromatic N) is 1. The first kappa shape index (κ1) is 13.6. The Kier molecular flexibility index (Phi) is 4.25. The Bertz CT molecular complexity index is 409. The topological polar surface area (TPSA) is 15.3 Å². The van der Waals surface area contributed by atoms with E-state index in [-0.39, 0.29) is 0 Å². The molecule has 1 aliphatic carbocycles. The average molecular weight is 278 g/mol. The summed E-state index contributed by atoms with van der Waals surface area (Å²) in [6.07, 6.45) is 6.86. The van der Waals surface area contributed by atoms with E-state index in [0.717, 1.165) is 12.6 Å². The zero-order valence-corrected chi connectivity index (χ0v) is 13.0. The van der Waals surface area contributed by atoms with Gasteiger partial charge in [0.1, 0.15) is 0 Å². The quantitative estimate of drug-likeness (QED) is 0.905. The molecule has 2 aliphatic rings. The third kappa shape index (κ3) is 2.88. The predicted octanol–water partition coefficient (Wildman–Crippen LogP) is 3.59. The highest BCUT2D eigenvalue weighted by molar-refractivity contribution is 7.10. The van der Waals surface area contributed by atoms with Gasteiger partial charge in [-0.2, -0.15) is 0 Å². The van der Waals surface area contributed by atoms with Crippen molar-refractivity contribution in [3.8, 4) is 0 Å². The Morgan fingerprint density at radius 3 is 3.00 bits per heavy atom. The van der Waals surface area contributed by atoms with Gasteiger partial charge in [-0.3, -0.25) is 4.90 Å². The molecular weight excluding hydrogens is 252 g/mol. The molecule has 0 bridgehead atoms. The lowest BCUT2D eigenvalue weighted by atomic mass is 9.99. The minimum atomic E-state index is 0.593. The highest BCUT2D eigenvalue weighted by Crippen LogP contribution is 2.33. The highest BCUT2D eigenvalue weighted by Gasteiger charge is 2.28. The fourth-order valence-corrected chi connectivity index (χ4v) is 4.68. The maximum absolute atomic E-state index is 3.78. The lowest BCUT2D eigenvalue weighted by Gasteiger charge is -2.38. The van der Waals surface area contributed by atoms with Crippen molar-refractivity contribution in [3.63, 3.8) is 0 Å². The van der Waals surface area contributed by atoms with Gasteiger partial charge in [0.2, 0.25) is 0 Å². The van der Waals surface area contributed by atoms with Gasteiger partial charge in [0.05, 0.1) is 0 Å². The van der Waals surface area contributed by atoms with Gasteiger partial charge >= 0.3 is 0 Å². The molecular formula is C16H26N2S. The summed E-state index contributed by atoms with van der Waals surface area (Å²) in [5.41, 5.74) is 1.57. The zero-order chi connectivity index (χ0) is 13.2. The summed E-state index contributed by atoms with van der Waals surface area (Å²) in [6.45, 7) is 7.13. The van der Waals surface area contributed by atoms with Crippen LogP contribution in [0.2, 0.25) is 0 Å². The molecule has 0 aromatic carbocycles. The maximum Gasteiger partial charge on any atom is 0.0334 e. The lowest BCUT2D eigenvalue weighted by Crippen LogP contribution is -2.46. The highest BCUT2D eigenvalue weighted by atomic mass is 32.1. The summed E-state index contributed by atoms with van der Waals surface area (Å²) >= 11 is 1.93. The minimum absolute atomic E-state index is 0.593. The fourth-order valence-electron chi connectivity index (χ4n) is 3.72. The second-order valence-corrected chi connectivity index (χ2v) is 7.20. The van der Waals surface area contributed by atoms with Gasteiger partial charge in [-0.15, -0.1) is 11.3 Å². The van der Waals surface area contributed by atoms with E-state index < -0.39 is 0 Å². The molecule has 2 heterocycles. The van der Waals surface area contributed by atoms with Crippen molar-refractivity contribution in [1.82, 2.24) is 10.2 Å². The number of hydrogen-bond acceptors (Lipinski definition) is 3. The van der Waals surface area contributed by atoms with Crippen molar-refractivity contribution >= 4 is 11.3 Å². The molecule has 1 N–H and O–H groups in total.